The second kappa shape index (κ2) is 7.11. The van der Waals surface area contributed by atoms with Crippen molar-refractivity contribution in [2.24, 2.45) is 5.92 Å². The monoisotopic (exact) mass is 253 g/mol. The van der Waals surface area contributed by atoms with Crippen LogP contribution in [-0.2, 0) is 0 Å². The summed E-state index contributed by atoms with van der Waals surface area (Å²) in [5.41, 5.74) is 0.929. The third kappa shape index (κ3) is 4.11. The second-order valence-corrected chi connectivity index (χ2v) is 4.46. The highest BCUT2D eigenvalue weighted by Crippen LogP contribution is 2.10. The summed E-state index contributed by atoms with van der Waals surface area (Å²) in [6.45, 7) is 4.32. The zero-order valence-electron chi connectivity index (χ0n) is 10.9. The molecule has 2 N–H and O–H groups in total. The summed E-state index contributed by atoms with van der Waals surface area (Å²) < 4.78 is 13.1. The molecule has 0 heterocycles. The van der Waals surface area contributed by atoms with E-state index >= 15 is 0 Å². The van der Waals surface area contributed by atoms with Gasteiger partial charge in [0, 0.05) is 18.7 Å². The zero-order chi connectivity index (χ0) is 13.5. The summed E-state index contributed by atoms with van der Waals surface area (Å²) in [5.74, 6) is -0.228. The van der Waals surface area contributed by atoms with Crippen LogP contribution in [0.5, 0.6) is 0 Å². The molecule has 100 valence electrons. The molecule has 0 aromatic heterocycles. The van der Waals surface area contributed by atoms with Gasteiger partial charge in [-0.2, -0.15) is 0 Å². The number of carbonyl (C=O) groups excluding carboxylic acids is 1. The van der Waals surface area contributed by atoms with Crippen molar-refractivity contribution in [2.75, 3.05) is 13.2 Å². The minimum atomic E-state index is -0.307. The first-order valence-electron chi connectivity index (χ1n) is 6.23. The average molecular weight is 253 g/mol. The summed E-state index contributed by atoms with van der Waals surface area (Å²) in [7, 11) is 0. The Bertz CT molecular complexity index is 407. The molecule has 3 nitrogen and oxygen atoms in total. The summed E-state index contributed by atoms with van der Waals surface area (Å²) in [6.07, 6.45) is 1.59. The molecule has 0 saturated carbocycles. The van der Waals surface area contributed by atoms with Crippen molar-refractivity contribution < 1.29 is 14.3 Å². The SMILES string of the molecule is CCC(CCO)CNC(=O)c1ccc(F)c(C)c1. The van der Waals surface area contributed by atoms with Gasteiger partial charge < -0.3 is 10.4 Å². The van der Waals surface area contributed by atoms with Crippen LogP contribution in [0, 0.1) is 18.7 Å². The number of aryl methyl sites for hydroxylation is 1. The van der Waals surface area contributed by atoms with Gasteiger partial charge in [-0.05, 0) is 43.0 Å². The largest absolute Gasteiger partial charge is 0.396 e. The van der Waals surface area contributed by atoms with E-state index in [1.807, 2.05) is 6.92 Å². The molecule has 18 heavy (non-hydrogen) atoms. The van der Waals surface area contributed by atoms with Crippen LogP contribution in [-0.4, -0.2) is 24.2 Å². The molecule has 0 fully saturated rings. The molecule has 1 amide bonds. The normalized spacial score (nSPS) is 12.2. The van der Waals surface area contributed by atoms with Crippen LogP contribution >= 0.6 is 0 Å². The number of nitrogens with one attached hydrogen (secondary N) is 1. The van der Waals surface area contributed by atoms with E-state index in [4.69, 9.17) is 5.11 Å². The molecule has 1 unspecified atom stereocenters. The molecule has 0 aliphatic rings. The van der Waals surface area contributed by atoms with Crippen molar-refractivity contribution in [3.63, 3.8) is 0 Å². The molecule has 0 bridgehead atoms. The van der Waals surface area contributed by atoms with Crippen molar-refractivity contribution in [3.05, 3.63) is 35.1 Å². The lowest BCUT2D eigenvalue weighted by molar-refractivity contribution is 0.0943. The van der Waals surface area contributed by atoms with Crippen LogP contribution in [0.15, 0.2) is 18.2 Å². The Kier molecular flexibility index (Phi) is 5.78. The molecule has 1 rings (SSSR count). The van der Waals surface area contributed by atoms with Crippen LogP contribution in [0.3, 0.4) is 0 Å². The Balaban J connectivity index is 2.57. The zero-order valence-corrected chi connectivity index (χ0v) is 10.9. The van der Waals surface area contributed by atoms with Crippen molar-refractivity contribution in [1.82, 2.24) is 5.32 Å². The van der Waals surface area contributed by atoms with Gasteiger partial charge in [-0.1, -0.05) is 13.3 Å². The van der Waals surface area contributed by atoms with Crippen molar-refractivity contribution in [2.45, 2.75) is 26.7 Å². The minimum absolute atomic E-state index is 0.129. The maximum Gasteiger partial charge on any atom is 0.251 e. The molecule has 0 saturated heterocycles. The van der Waals surface area contributed by atoms with Gasteiger partial charge in [0.15, 0.2) is 0 Å². The van der Waals surface area contributed by atoms with Gasteiger partial charge in [-0.15, -0.1) is 0 Å². The standard InChI is InChI=1S/C14H20FNO2/c1-3-11(6-7-17)9-16-14(18)12-4-5-13(15)10(2)8-12/h4-5,8,11,17H,3,6-7,9H2,1-2H3,(H,16,18). The maximum atomic E-state index is 13.1. The van der Waals surface area contributed by atoms with Gasteiger partial charge in [0.05, 0.1) is 0 Å². The maximum absolute atomic E-state index is 13.1. The first-order chi connectivity index (χ1) is 8.58. The van der Waals surface area contributed by atoms with E-state index in [-0.39, 0.29) is 24.2 Å². The molecule has 0 radical (unpaired) electrons. The van der Waals surface area contributed by atoms with Crippen LogP contribution < -0.4 is 5.32 Å². The summed E-state index contributed by atoms with van der Waals surface area (Å²) in [6, 6.07) is 4.32. The highest BCUT2D eigenvalue weighted by Gasteiger charge is 2.10. The molecular weight excluding hydrogens is 233 g/mol. The number of hydrogen-bond acceptors (Lipinski definition) is 2. The Morgan fingerprint density at radius 1 is 1.50 bits per heavy atom. The molecule has 0 aliphatic carbocycles. The van der Waals surface area contributed by atoms with Crippen LogP contribution in [0.25, 0.3) is 0 Å². The predicted molar refractivity (Wildman–Crippen MR) is 69.0 cm³/mol. The highest BCUT2D eigenvalue weighted by molar-refractivity contribution is 5.94. The fraction of sp³-hybridized carbons (Fsp3) is 0.500. The molecule has 0 spiro atoms. The van der Waals surface area contributed by atoms with E-state index in [1.54, 1.807) is 6.92 Å². The first kappa shape index (κ1) is 14.6. The quantitative estimate of drug-likeness (QED) is 0.817. The van der Waals surface area contributed by atoms with Gasteiger partial charge in [0.1, 0.15) is 5.82 Å². The van der Waals surface area contributed by atoms with Crippen LogP contribution in [0.2, 0.25) is 0 Å². The molecule has 1 aromatic rings. The molecule has 1 atom stereocenters. The molecule has 4 heteroatoms. The number of rotatable bonds is 6. The number of aliphatic hydroxyl groups is 1. The number of carbonyl (C=O) groups is 1. The van der Waals surface area contributed by atoms with Gasteiger partial charge in [0.2, 0.25) is 0 Å². The third-order valence-electron chi connectivity index (χ3n) is 3.09. The number of hydrogen-bond donors (Lipinski definition) is 2. The second-order valence-electron chi connectivity index (χ2n) is 4.46. The van der Waals surface area contributed by atoms with Gasteiger partial charge in [-0.25, -0.2) is 4.39 Å². The highest BCUT2D eigenvalue weighted by atomic mass is 19.1. The number of benzene rings is 1. The lowest BCUT2D eigenvalue weighted by Crippen LogP contribution is -2.29. The van der Waals surface area contributed by atoms with E-state index in [9.17, 15) is 9.18 Å². The number of aliphatic hydroxyl groups excluding tert-OH is 1. The van der Waals surface area contributed by atoms with Crippen molar-refractivity contribution in [1.29, 1.82) is 0 Å². The van der Waals surface area contributed by atoms with Crippen molar-refractivity contribution >= 4 is 5.91 Å². The number of amides is 1. The summed E-state index contributed by atoms with van der Waals surface area (Å²) >= 11 is 0. The Morgan fingerprint density at radius 3 is 2.78 bits per heavy atom. The van der Waals surface area contributed by atoms with E-state index < -0.39 is 0 Å². The lowest BCUT2D eigenvalue weighted by Gasteiger charge is -2.14. The van der Waals surface area contributed by atoms with Crippen LogP contribution in [0.1, 0.15) is 35.7 Å². The molecular formula is C14H20FNO2. The fourth-order valence-electron chi connectivity index (χ4n) is 1.76. The first-order valence-corrected chi connectivity index (χ1v) is 6.23. The van der Waals surface area contributed by atoms with E-state index in [0.717, 1.165) is 6.42 Å². The van der Waals surface area contributed by atoms with E-state index in [1.165, 1.54) is 18.2 Å². The average Bonchev–Trinajstić information content (AvgIpc) is 2.37. The minimum Gasteiger partial charge on any atom is -0.396 e. The lowest BCUT2D eigenvalue weighted by atomic mass is 10.0. The van der Waals surface area contributed by atoms with E-state index in [0.29, 0.717) is 24.1 Å². The fourth-order valence-corrected chi connectivity index (χ4v) is 1.76. The van der Waals surface area contributed by atoms with Crippen molar-refractivity contribution in [3.8, 4) is 0 Å². The summed E-state index contributed by atoms with van der Waals surface area (Å²) in [5, 5.41) is 11.7. The van der Waals surface area contributed by atoms with Gasteiger partial charge in [0.25, 0.3) is 5.91 Å². The third-order valence-corrected chi connectivity index (χ3v) is 3.09. The van der Waals surface area contributed by atoms with Gasteiger partial charge in [-0.3, -0.25) is 4.79 Å². The molecule has 1 aromatic carbocycles. The molecule has 0 aliphatic heterocycles. The topological polar surface area (TPSA) is 49.3 Å². The van der Waals surface area contributed by atoms with Crippen LogP contribution in [0.4, 0.5) is 4.39 Å². The Hall–Kier alpha value is -1.42. The Morgan fingerprint density at radius 2 is 2.22 bits per heavy atom. The summed E-state index contributed by atoms with van der Waals surface area (Å²) in [4.78, 5) is 11.8. The van der Waals surface area contributed by atoms with Gasteiger partial charge >= 0.3 is 0 Å². The number of halogens is 1. The Labute approximate surface area is 107 Å². The van der Waals surface area contributed by atoms with E-state index in [2.05, 4.69) is 5.32 Å². The smallest absolute Gasteiger partial charge is 0.251 e. The predicted octanol–water partition coefficient (Wildman–Crippen LogP) is 2.27.